The van der Waals surface area contributed by atoms with Gasteiger partial charge >= 0.3 is 0 Å². The van der Waals surface area contributed by atoms with Crippen LogP contribution in [0.4, 0.5) is 0 Å². The minimum Gasteiger partial charge on any atom is -0.486 e. The lowest BCUT2D eigenvalue weighted by atomic mass is 10.2. The summed E-state index contributed by atoms with van der Waals surface area (Å²) in [6, 6.07) is 13.2. The second-order valence-electron chi connectivity index (χ2n) is 6.85. The van der Waals surface area contributed by atoms with Gasteiger partial charge in [-0.2, -0.15) is 0 Å². The van der Waals surface area contributed by atoms with Crippen molar-refractivity contribution in [2.75, 3.05) is 19.7 Å². The summed E-state index contributed by atoms with van der Waals surface area (Å²) in [7, 11) is 0. The number of hydrogen-bond acceptors (Lipinski definition) is 5. The van der Waals surface area contributed by atoms with Crippen molar-refractivity contribution in [1.29, 1.82) is 0 Å². The van der Waals surface area contributed by atoms with E-state index in [1.54, 1.807) is 10.5 Å². The van der Waals surface area contributed by atoms with E-state index in [1.165, 1.54) is 0 Å². The number of fused-ring (bicyclic) bond motifs is 2. The molecule has 1 aromatic carbocycles. The van der Waals surface area contributed by atoms with E-state index >= 15 is 0 Å². The number of hydrogen-bond donors (Lipinski definition) is 0. The Morgan fingerprint density at radius 1 is 1.22 bits per heavy atom. The fraction of sp³-hybridized carbons (Fsp3) is 0.333. The molecule has 0 spiro atoms. The molecule has 2 aromatic heterocycles. The van der Waals surface area contributed by atoms with Crippen LogP contribution in [0.1, 0.15) is 18.2 Å². The van der Waals surface area contributed by atoms with Crippen molar-refractivity contribution < 1.29 is 9.47 Å². The van der Waals surface area contributed by atoms with Crippen LogP contribution in [-0.2, 0) is 6.54 Å². The molecule has 0 saturated heterocycles. The maximum atomic E-state index is 12.4. The lowest BCUT2D eigenvalue weighted by molar-refractivity contribution is 0.0577. The normalized spacial score (nSPS) is 16.0. The number of likely N-dealkylation sites (N-methyl/N-ethyl adjacent to an activating group) is 1. The molecule has 0 bridgehead atoms. The Kier molecular flexibility index (Phi) is 4.81. The summed E-state index contributed by atoms with van der Waals surface area (Å²) in [5, 5.41) is 0. The number of benzene rings is 1. The largest absolute Gasteiger partial charge is 0.486 e. The molecule has 0 aliphatic carbocycles. The molecule has 1 aliphatic rings. The van der Waals surface area contributed by atoms with E-state index in [9.17, 15) is 4.79 Å². The number of nitrogens with zero attached hydrogens (tertiary/aromatic N) is 3. The molecule has 1 atom stereocenters. The summed E-state index contributed by atoms with van der Waals surface area (Å²) < 4.78 is 13.4. The highest BCUT2D eigenvalue weighted by Crippen LogP contribution is 2.31. The van der Waals surface area contributed by atoms with Crippen molar-refractivity contribution in [3.05, 3.63) is 70.3 Å². The van der Waals surface area contributed by atoms with Crippen molar-refractivity contribution in [1.82, 2.24) is 14.3 Å². The smallest absolute Gasteiger partial charge is 0.258 e. The van der Waals surface area contributed by atoms with Crippen molar-refractivity contribution in [3.8, 4) is 11.5 Å². The summed E-state index contributed by atoms with van der Waals surface area (Å²) in [5.41, 5.74) is 2.41. The highest BCUT2D eigenvalue weighted by atomic mass is 16.6. The Balaban J connectivity index is 1.49. The van der Waals surface area contributed by atoms with E-state index in [0.29, 0.717) is 25.3 Å². The van der Waals surface area contributed by atoms with Crippen molar-refractivity contribution in [2.45, 2.75) is 26.5 Å². The number of aromatic nitrogens is 2. The first-order chi connectivity index (χ1) is 13.1. The number of para-hydroxylation sites is 2. The first kappa shape index (κ1) is 17.5. The molecule has 0 fully saturated rings. The molecular weight excluding hydrogens is 342 g/mol. The first-order valence-corrected chi connectivity index (χ1v) is 9.22. The van der Waals surface area contributed by atoms with Crippen molar-refractivity contribution >= 4 is 5.65 Å². The standard InChI is InChI=1S/C21H23N3O3/c1-3-23(13-17-14-26-18-6-4-5-7-19(18)27-17)12-16-10-21(25)24-11-15(2)8-9-20(24)22-16/h4-11,17H,3,12-14H2,1-2H3/t17-/m0/s1. The lowest BCUT2D eigenvalue weighted by Gasteiger charge is -2.30. The molecule has 0 radical (unpaired) electrons. The molecule has 1 aliphatic heterocycles. The topological polar surface area (TPSA) is 56.1 Å². The number of ether oxygens (including phenoxy) is 2. The molecule has 3 aromatic rings. The zero-order chi connectivity index (χ0) is 18.8. The molecule has 6 nitrogen and oxygen atoms in total. The molecule has 27 heavy (non-hydrogen) atoms. The number of rotatable bonds is 5. The predicted octanol–water partition coefficient (Wildman–Crippen LogP) is 2.66. The summed E-state index contributed by atoms with van der Waals surface area (Å²) in [4.78, 5) is 19.3. The van der Waals surface area contributed by atoms with Crippen LogP contribution in [0, 0.1) is 6.92 Å². The Hall–Kier alpha value is -2.86. The fourth-order valence-corrected chi connectivity index (χ4v) is 3.31. The summed E-state index contributed by atoms with van der Waals surface area (Å²) in [6.45, 7) is 6.70. The van der Waals surface area contributed by atoms with Crippen LogP contribution in [0.2, 0.25) is 0 Å². The van der Waals surface area contributed by atoms with Gasteiger partial charge in [-0.3, -0.25) is 14.1 Å². The van der Waals surface area contributed by atoms with E-state index in [2.05, 4.69) is 16.8 Å². The van der Waals surface area contributed by atoms with Gasteiger partial charge in [-0.1, -0.05) is 25.1 Å². The maximum Gasteiger partial charge on any atom is 0.258 e. The summed E-state index contributed by atoms with van der Waals surface area (Å²) in [6.07, 6.45) is 1.76. The second kappa shape index (κ2) is 7.40. The van der Waals surface area contributed by atoms with Gasteiger partial charge in [0.05, 0.1) is 5.69 Å². The van der Waals surface area contributed by atoms with Crippen LogP contribution >= 0.6 is 0 Å². The Bertz CT molecular complexity index is 1010. The molecule has 0 saturated carbocycles. The van der Waals surface area contributed by atoms with Crippen LogP contribution in [0.15, 0.2) is 53.5 Å². The van der Waals surface area contributed by atoms with Gasteiger partial charge in [0.2, 0.25) is 0 Å². The Labute approximate surface area is 158 Å². The third-order valence-corrected chi connectivity index (χ3v) is 4.72. The van der Waals surface area contributed by atoms with E-state index in [-0.39, 0.29) is 11.7 Å². The van der Waals surface area contributed by atoms with Crippen LogP contribution in [0.25, 0.3) is 5.65 Å². The molecule has 0 unspecified atom stereocenters. The Morgan fingerprint density at radius 3 is 2.85 bits per heavy atom. The monoisotopic (exact) mass is 365 g/mol. The van der Waals surface area contributed by atoms with Crippen molar-refractivity contribution in [3.63, 3.8) is 0 Å². The van der Waals surface area contributed by atoms with Gasteiger partial charge in [-0.15, -0.1) is 0 Å². The predicted molar refractivity (Wildman–Crippen MR) is 104 cm³/mol. The highest BCUT2D eigenvalue weighted by Gasteiger charge is 2.23. The van der Waals surface area contributed by atoms with Gasteiger partial charge in [-0.25, -0.2) is 4.98 Å². The first-order valence-electron chi connectivity index (χ1n) is 9.22. The van der Waals surface area contributed by atoms with Gasteiger partial charge in [0.15, 0.2) is 11.5 Å². The third kappa shape index (κ3) is 3.80. The minimum absolute atomic E-state index is 0.0518. The molecular formula is C21H23N3O3. The van der Waals surface area contributed by atoms with Crippen molar-refractivity contribution in [2.24, 2.45) is 0 Å². The minimum atomic E-state index is -0.0547. The summed E-state index contributed by atoms with van der Waals surface area (Å²) in [5.74, 6) is 1.57. The SMILES string of the molecule is CCN(Cc1cc(=O)n2cc(C)ccc2n1)C[C@H]1COc2ccccc2O1. The van der Waals surface area contributed by atoms with Gasteiger partial charge in [0.25, 0.3) is 5.56 Å². The van der Waals surface area contributed by atoms with Crippen LogP contribution in [0.3, 0.4) is 0 Å². The average Bonchev–Trinajstić information content (AvgIpc) is 2.68. The van der Waals surface area contributed by atoms with Crippen LogP contribution < -0.4 is 15.0 Å². The molecule has 140 valence electrons. The molecule has 3 heterocycles. The highest BCUT2D eigenvalue weighted by molar-refractivity contribution is 5.41. The van der Waals surface area contributed by atoms with Crippen LogP contribution in [0.5, 0.6) is 11.5 Å². The number of pyridine rings is 1. The molecule has 4 rings (SSSR count). The maximum absolute atomic E-state index is 12.4. The number of aryl methyl sites for hydroxylation is 1. The third-order valence-electron chi connectivity index (χ3n) is 4.72. The van der Waals surface area contributed by atoms with E-state index in [4.69, 9.17) is 9.47 Å². The fourth-order valence-electron chi connectivity index (χ4n) is 3.31. The average molecular weight is 365 g/mol. The molecule has 0 amide bonds. The summed E-state index contributed by atoms with van der Waals surface area (Å²) >= 11 is 0. The van der Waals surface area contributed by atoms with Gasteiger partial charge in [0, 0.05) is 25.4 Å². The lowest BCUT2D eigenvalue weighted by Crippen LogP contribution is -2.41. The Morgan fingerprint density at radius 2 is 2.04 bits per heavy atom. The van der Waals surface area contributed by atoms with Gasteiger partial charge in [-0.05, 0) is 37.2 Å². The van der Waals surface area contributed by atoms with E-state index in [1.807, 2.05) is 49.5 Å². The van der Waals surface area contributed by atoms with Crippen LogP contribution in [-0.4, -0.2) is 40.1 Å². The van der Waals surface area contributed by atoms with Gasteiger partial charge < -0.3 is 9.47 Å². The quantitative estimate of drug-likeness (QED) is 0.696. The molecule has 6 heteroatoms. The zero-order valence-electron chi connectivity index (χ0n) is 15.6. The molecule has 0 N–H and O–H groups in total. The van der Waals surface area contributed by atoms with E-state index in [0.717, 1.165) is 29.3 Å². The van der Waals surface area contributed by atoms with Gasteiger partial charge in [0.1, 0.15) is 18.4 Å². The van der Waals surface area contributed by atoms with E-state index < -0.39 is 0 Å². The zero-order valence-corrected chi connectivity index (χ0v) is 15.6. The second-order valence-corrected chi connectivity index (χ2v) is 6.85.